The van der Waals surface area contributed by atoms with Gasteiger partial charge in [-0.3, -0.25) is 4.90 Å². The van der Waals surface area contributed by atoms with Crippen molar-refractivity contribution in [1.82, 2.24) is 4.90 Å². The molecule has 0 amide bonds. The standard InChI is InChI=1S/C16H22ClNO3/c17-13-3-1-2-12(8-13)10-18-6-4-16(5-7-18)9-14(19)15(20)11-21-16/h1-3,8,14-15,19-20H,4-7,9-11H2/t14-,15+/m1/s1. The van der Waals surface area contributed by atoms with Crippen LogP contribution < -0.4 is 0 Å². The predicted molar refractivity (Wildman–Crippen MR) is 81.3 cm³/mol. The van der Waals surface area contributed by atoms with Gasteiger partial charge in [-0.15, -0.1) is 0 Å². The maximum absolute atomic E-state index is 9.87. The molecule has 2 aliphatic heterocycles. The topological polar surface area (TPSA) is 52.9 Å². The molecule has 3 rings (SSSR count). The Morgan fingerprint density at radius 3 is 2.67 bits per heavy atom. The summed E-state index contributed by atoms with van der Waals surface area (Å²) >= 11 is 6.02. The Morgan fingerprint density at radius 1 is 1.24 bits per heavy atom. The number of halogens is 1. The van der Waals surface area contributed by atoms with E-state index < -0.39 is 12.2 Å². The second-order valence-corrected chi connectivity index (χ2v) is 6.68. The molecule has 5 heteroatoms. The monoisotopic (exact) mass is 311 g/mol. The van der Waals surface area contributed by atoms with Crippen LogP contribution in [0.2, 0.25) is 5.02 Å². The highest BCUT2D eigenvalue weighted by molar-refractivity contribution is 6.30. The summed E-state index contributed by atoms with van der Waals surface area (Å²) in [6.07, 6.45) is 0.951. The first-order valence-electron chi connectivity index (χ1n) is 7.53. The molecule has 1 aromatic carbocycles. The lowest BCUT2D eigenvalue weighted by Crippen LogP contribution is -2.54. The Morgan fingerprint density at radius 2 is 2.00 bits per heavy atom. The SMILES string of the molecule is O[C@@H]1CC2(CCN(Cc3cccc(Cl)c3)CC2)OC[C@@H]1O. The third-order valence-corrected chi connectivity index (χ3v) is 4.88. The second kappa shape index (κ2) is 6.23. The van der Waals surface area contributed by atoms with Gasteiger partial charge in [0.15, 0.2) is 0 Å². The van der Waals surface area contributed by atoms with Crippen LogP contribution in [0.1, 0.15) is 24.8 Å². The Kier molecular flexibility index (Phi) is 4.52. The van der Waals surface area contributed by atoms with Crippen molar-refractivity contribution in [3.05, 3.63) is 34.9 Å². The fraction of sp³-hybridized carbons (Fsp3) is 0.625. The van der Waals surface area contributed by atoms with Gasteiger partial charge in [0.25, 0.3) is 0 Å². The van der Waals surface area contributed by atoms with E-state index in [-0.39, 0.29) is 12.2 Å². The number of aliphatic hydroxyl groups is 2. The van der Waals surface area contributed by atoms with Crippen molar-refractivity contribution in [2.24, 2.45) is 0 Å². The van der Waals surface area contributed by atoms with E-state index in [0.29, 0.717) is 6.42 Å². The molecule has 0 unspecified atom stereocenters. The highest BCUT2D eigenvalue weighted by atomic mass is 35.5. The molecule has 0 radical (unpaired) electrons. The first kappa shape index (κ1) is 15.3. The Balaban J connectivity index is 1.55. The Bertz CT molecular complexity index is 488. The molecule has 116 valence electrons. The average molecular weight is 312 g/mol. The van der Waals surface area contributed by atoms with E-state index in [4.69, 9.17) is 16.3 Å². The van der Waals surface area contributed by atoms with E-state index in [1.165, 1.54) is 5.56 Å². The van der Waals surface area contributed by atoms with Gasteiger partial charge < -0.3 is 14.9 Å². The molecule has 2 atom stereocenters. The number of benzene rings is 1. The number of ether oxygens (including phenoxy) is 1. The lowest BCUT2D eigenvalue weighted by atomic mass is 9.82. The summed E-state index contributed by atoms with van der Waals surface area (Å²) in [7, 11) is 0. The zero-order chi connectivity index (χ0) is 14.9. The molecule has 0 bridgehead atoms. The number of rotatable bonds is 2. The van der Waals surface area contributed by atoms with Gasteiger partial charge in [0.05, 0.1) is 18.3 Å². The number of likely N-dealkylation sites (tertiary alicyclic amines) is 1. The van der Waals surface area contributed by atoms with Crippen molar-refractivity contribution in [2.45, 2.75) is 43.6 Å². The van der Waals surface area contributed by atoms with Gasteiger partial charge in [0.1, 0.15) is 6.10 Å². The first-order chi connectivity index (χ1) is 10.1. The van der Waals surface area contributed by atoms with Gasteiger partial charge in [-0.1, -0.05) is 23.7 Å². The molecule has 4 nitrogen and oxygen atoms in total. The number of nitrogens with zero attached hydrogens (tertiary/aromatic N) is 1. The van der Waals surface area contributed by atoms with E-state index in [9.17, 15) is 10.2 Å². The minimum absolute atomic E-state index is 0.245. The largest absolute Gasteiger partial charge is 0.390 e. The molecule has 0 saturated carbocycles. The second-order valence-electron chi connectivity index (χ2n) is 6.24. The maximum atomic E-state index is 9.87. The molecular formula is C16H22ClNO3. The third-order valence-electron chi connectivity index (χ3n) is 4.65. The Hall–Kier alpha value is -0.650. The summed E-state index contributed by atoms with van der Waals surface area (Å²) < 4.78 is 5.85. The van der Waals surface area contributed by atoms with Gasteiger partial charge in [-0.05, 0) is 30.5 Å². The molecule has 1 aromatic rings. The molecule has 0 aromatic heterocycles. The fourth-order valence-electron chi connectivity index (χ4n) is 3.31. The van der Waals surface area contributed by atoms with Gasteiger partial charge in [-0.2, -0.15) is 0 Å². The summed E-state index contributed by atoms with van der Waals surface area (Å²) in [6, 6.07) is 7.96. The van der Waals surface area contributed by atoms with E-state index in [0.717, 1.165) is 37.5 Å². The summed E-state index contributed by atoms with van der Waals surface area (Å²) in [6.45, 7) is 3.02. The van der Waals surface area contributed by atoms with Gasteiger partial charge in [0, 0.05) is 31.1 Å². The first-order valence-corrected chi connectivity index (χ1v) is 7.91. The zero-order valence-corrected chi connectivity index (χ0v) is 12.8. The van der Waals surface area contributed by atoms with Crippen molar-refractivity contribution in [2.75, 3.05) is 19.7 Å². The van der Waals surface area contributed by atoms with Crippen LogP contribution in [0.4, 0.5) is 0 Å². The molecule has 0 aliphatic carbocycles. The van der Waals surface area contributed by atoms with Crippen LogP contribution in [-0.2, 0) is 11.3 Å². The quantitative estimate of drug-likeness (QED) is 0.875. The molecule has 2 heterocycles. The fourth-order valence-corrected chi connectivity index (χ4v) is 3.52. The molecule has 21 heavy (non-hydrogen) atoms. The minimum Gasteiger partial charge on any atom is -0.390 e. The summed E-state index contributed by atoms with van der Waals surface area (Å²) in [5.74, 6) is 0. The van der Waals surface area contributed by atoms with Gasteiger partial charge in [0.2, 0.25) is 0 Å². The van der Waals surface area contributed by atoms with Crippen LogP contribution in [0.5, 0.6) is 0 Å². The molecule has 2 saturated heterocycles. The van der Waals surface area contributed by atoms with Crippen molar-refractivity contribution in [3.63, 3.8) is 0 Å². The van der Waals surface area contributed by atoms with Crippen LogP contribution in [0.25, 0.3) is 0 Å². The van der Waals surface area contributed by atoms with Crippen molar-refractivity contribution >= 4 is 11.6 Å². The van der Waals surface area contributed by atoms with Crippen LogP contribution in [0.3, 0.4) is 0 Å². The molecule has 2 N–H and O–H groups in total. The van der Waals surface area contributed by atoms with Crippen LogP contribution in [0, 0.1) is 0 Å². The normalized spacial score (nSPS) is 29.7. The Labute approximate surface area is 130 Å². The van der Waals surface area contributed by atoms with Crippen molar-refractivity contribution < 1.29 is 14.9 Å². The number of hydrogen-bond donors (Lipinski definition) is 2. The molecule has 1 spiro atoms. The van der Waals surface area contributed by atoms with E-state index in [1.54, 1.807) is 0 Å². The third kappa shape index (κ3) is 3.58. The predicted octanol–water partition coefficient (Wildman–Crippen LogP) is 1.82. The lowest BCUT2D eigenvalue weighted by molar-refractivity contribution is -0.188. The van der Waals surface area contributed by atoms with Crippen molar-refractivity contribution in [3.8, 4) is 0 Å². The number of hydrogen-bond acceptors (Lipinski definition) is 4. The highest BCUT2D eigenvalue weighted by Crippen LogP contribution is 2.35. The average Bonchev–Trinajstić information content (AvgIpc) is 2.46. The van der Waals surface area contributed by atoms with Crippen LogP contribution >= 0.6 is 11.6 Å². The van der Waals surface area contributed by atoms with E-state index in [1.807, 2.05) is 18.2 Å². The summed E-state index contributed by atoms with van der Waals surface area (Å²) in [5.41, 5.74) is 0.974. The van der Waals surface area contributed by atoms with Crippen LogP contribution in [0.15, 0.2) is 24.3 Å². The summed E-state index contributed by atoms with van der Waals surface area (Å²) in [4.78, 5) is 2.39. The van der Waals surface area contributed by atoms with Crippen molar-refractivity contribution in [1.29, 1.82) is 0 Å². The maximum Gasteiger partial charge on any atom is 0.103 e. The van der Waals surface area contributed by atoms with E-state index in [2.05, 4.69) is 11.0 Å². The smallest absolute Gasteiger partial charge is 0.103 e. The van der Waals surface area contributed by atoms with Gasteiger partial charge in [-0.25, -0.2) is 0 Å². The number of aliphatic hydroxyl groups excluding tert-OH is 2. The zero-order valence-electron chi connectivity index (χ0n) is 12.0. The number of piperidine rings is 1. The van der Waals surface area contributed by atoms with Crippen LogP contribution in [-0.4, -0.2) is 52.6 Å². The van der Waals surface area contributed by atoms with E-state index >= 15 is 0 Å². The molecular weight excluding hydrogens is 290 g/mol. The lowest BCUT2D eigenvalue weighted by Gasteiger charge is -2.46. The van der Waals surface area contributed by atoms with Gasteiger partial charge >= 0.3 is 0 Å². The molecule has 2 aliphatic rings. The molecule has 2 fully saturated rings. The highest BCUT2D eigenvalue weighted by Gasteiger charge is 2.42. The summed E-state index contributed by atoms with van der Waals surface area (Å²) in [5, 5.41) is 20.2. The minimum atomic E-state index is -0.736.